The van der Waals surface area contributed by atoms with Gasteiger partial charge in [-0.1, -0.05) is 0 Å². The van der Waals surface area contributed by atoms with Crippen LogP contribution in [0.1, 0.15) is 21.5 Å². The number of allylic oxidation sites excluding steroid dienone is 1. The van der Waals surface area contributed by atoms with Crippen molar-refractivity contribution in [1.82, 2.24) is 4.90 Å². The largest absolute Gasteiger partial charge is 0.507 e. The van der Waals surface area contributed by atoms with Crippen LogP contribution in [-0.2, 0) is 6.54 Å². The molecule has 1 heterocycles. The molecule has 2 aromatic carbocycles. The summed E-state index contributed by atoms with van der Waals surface area (Å²) >= 11 is 0. The molecule has 0 unspecified atom stereocenters. The third kappa shape index (κ3) is 4.04. The van der Waals surface area contributed by atoms with E-state index in [0.29, 0.717) is 28.2 Å². The van der Waals surface area contributed by atoms with Gasteiger partial charge in [-0.3, -0.25) is 9.69 Å². The lowest BCUT2D eigenvalue weighted by molar-refractivity contribution is 0.101. The van der Waals surface area contributed by atoms with E-state index in [2.05, 4.69) is 0 Å². The second-order valence-corrected chi connectivity index (χ2v) is 6.45. The summed E-state index contributed by atoms with van der Waals surface area (Å²) in [6, 6.07) is 12.0. The van der Waals surface area contributed by atoms with Crippen LogP contribution in [0.3, 0.4) is 0 Å². The van der Waals surface area contributed by atoms with Crippen LogP contribution in [0.2, 0.25) is 0 Å². The highest BCUT2D eigenvalue weighted by atomic mass is 16.5. The van der Waals surface area contributed by atoms with Crippen LogP contribution >= 0.6 is 0 Å². The molecule has 3 rings (SSSR count). The Kier molecular flexibility index (Phi) is 6.21. The summed E-state index contributed by atoms with van der Waals surface area (Å²) in [6.07, 6.45) is 1.55. The van der Waals surface area contributed by atoms with Crippen LogP contribution in [0.25, 0.3) is 6.08 Å². The van der Waals surface area contributed by atoms with Crippen LogP contribution < -0.4 is 14.2 Å². The van der Waals surface area contributed by atoms with Crippen LogP contribution in [0.15, 0.2) is 36.1 Å². The highest BCUT2D eigenvalue weighted by molar-refractivity contribution is 6.15. The first-order valence-electron chi connectivity index (χ1n) is 8.99. The second kappa shape index (κ2) is 8.99. The number of hydrogen-bond acceptors (Lipinski definition) is 8. The Morgan fingerprint density at radius 1 is 1.13 bits per heavy atom. The maximum absolute atomic E-state index is 12.9. The van der Waals surface area contributed by atoms with Crippen molar-refractivity contribution in [2.45, 2.75) is 6.54 Å². The van der Waals surface area contributed by atoms with Crippen molar-refractivity contribution in [3.63, 3.8) is 0 Å². The number of rotatable bonds is 7. The van der Waals surface area contributed by atoms with Crippen molar-refractivity contribution in [2.75, 3.05) is 27.3 Å². The highest BCUT2D eigenvalue weighted by Crippen LogP contribution is 2.40. The van der Waals surface area contributed by atoms with Gasteiger partial charge in [0, 0.05) is 12.1 Å². The monoisotopic (exact) mass is 405 g/mol. The number of methoxy groups -OCH3 is 2. The summed E-state index contributed by atoms with van der Waals surface area (Å²) in [6.45, 7) is 0.0712. The summed E-state index contributed by atoms with van der Waals surface area (Å²) in [5.74, 6) is 0.982. The Bertz CT molecular complexity index is 1080. The molecule has 0 aromatic heterocycles. The summed E-state index contributed by atoms with van der Waals surface area (Å²) in [4.78, 5) is 14.4. The predicted octanol–water partition coefficient (Wildman–Crippen LogP) is 2.87. The maximum Gasteiger partial charge on any atom is 0.231 e. The molecule has 0 fully saturated rings. The van der Waals surface area contributed by atoms with Gasteiger partial charge in [0.05, 0.1) is 50.6 Å². The number of phenols is 1. The van der Waals surface area contributed by atoms with E-state index in [0.717, 1.165) is 0 Å². The van der Waals surface area contributed by atoms with Crippen molar-refractivity contribution in [2.24, 2.45) is 0 Å². The van der Waals surface area contributed by atoms with Crippen LogP contribution in [-0.4, -0.2) is 43.1 Å². The lowest BCUT2D eigenvalue weighted by Crippen LogP contribution is -2.24. The molecule has 0 radical (unpaired) electrons. The number of hydrogen-bond donors (Lipinski definition) is 1. The molecule has 1 aliphatic heterocycles. The van der Waals surface area contributed by atoms with E-state index in [-0.39, 0.29) is 42.7 Å². The Morgan fingerprint density at radius 2 is 1.87 bits per heavy atom. The lowest BCUT2D eigenvalue weighted by atomic mass is 10.0. The van der Waals surface area contributed by atoms with Gasteiger partial charge in [0.2, 0.25) is 5.78 Å². The number of carbonyl (C=O) groups is 1. The lowest BCUT2D eigenvalue weighted by Gasteiger charge is -2.17. The SMILES string of the molecule is COc1ccc(OC)c(C=C2Oc3c(ccc(O)c3CN(CC#N)CC#N)C2=O)c1. The average molecular weight is 405 g/mol. The molecule has 1 aliphatic rings. The quantitative estimate of drug-likeness (QED) is 0.552. The molecule has 152 valence electrons. The number of fused-ring (bicyclic) bond motifs is 1. The van der Waals surface area contributed by atoms with E-state index in [1.165, 1.54) is 31.3 Å². The highest BCUT2D eigenvalue weighted by Gasteiger charge is 2.32. The number of benzene rings is 2. The van der Waals surface area contributed by atoms with Crippen LogP contribution in [0, 0.1) is 22.7 Å². The van der Waals surface area contributed by atoms with E-state index < -0.39 is 0 Å². The fourth-order valence-electron chi connectivity index (χ4n) is 3.13. The molecule has 8 nitrogen and oxygen atoms in total. The van der Waals surface area contributed by atoms with Gasteiger partial charge in [0.1, 0.15) is 23.0 Å². The molecule has 0 amide bonds. The molecule has 0 saturated carbocycles. The number of nitrogens with zero attached hydrogens (tertiary/aromatic N) is 3. The average Bonchev–Trinajstić information content (AvgIpc) is 3.06. The predicted molar refractivity (Wildman–Crippen MR) is 107 cm³/mol. The van der Waals surface area contributed by atoms with E-state index in [1.807, 2.05) is 12.1 Å². The van der Waals surface area contributed by atoms with Gasteiger partial charge < -0.3 is 19.3 Å². The third-order valence-corrected chi connectivity index (χ3v) is 4.61. The number of Topliss-reactive ketones (excluding diaryl/α,β-unsaturated/α-hetero) is 1. The Balaban J connectivity index is 2.00. The first kappa shape index (κ1) is 20.7. The zero-order chi connectivity index (χ0) is 21.7. The van der Waals surface area contributed by atoms with Crippen LogP contribution in [0.4, 0.5) is 0 Å². The van der Waals surface area contributed by atoms with Gasteiger partial charge >= 0.3 is 0 Å². The van der Waals surface area contributed by atoms with Crippen molar-refractivity contribution in [1.29, 1.82) is 10.5 Å². The molecule has 0 saturated heterocycles. The number of nitriles is 2. The van der Waals surface area contributed by atoms with E-state index in [4.69, 9.17) is 24.7 Å². The topological polar surface area (TPSA) is 116 Å². The van der Waals surface area contributed by atoms with Gasteiger partial charge in [0.25, 0.3) is 0 Å². The van der Waals surface area contributed by atoms with Gasteiger partial charge in [-0.25, -0.2) is 0 Å². The van der Waals surface area contributed by atoms with E-state index >= 15 is 0 Å². The fraction of sp³-hybridized carbons (Fsp3) is 0.227. The molecule has 0 aliphatic carbocycles. The zero-order valence-electron chi connectivity index (χ0n) is 16.5. The number of phenolic OH excluding ortho intramolecular Hbond substituents is 1. The number of ether oxygens (including phenoxy) is 3. The molecule has 0 bridgehead atoms. The van der Waals surface area contributed by atoms with Crippen molar-refractivity contribution in [3.05, 3.63) is 52.8 Å². The second-order valence-electron chi connectivity index (χ2n) is 6.45. The first-order chi connectivity index (χ1) is 14.5. The fourth-order valence-corrected chi connectivity index (χ4v) is 3.13. The van der Waals surface area contributed by atoms with Crippen molar-refractivity contribution in [3.8, 4) is 35.1 Å². The minimum atomic E-state index is -0.344. The standard InChI is InChI=1S/C22H19N3O5/c1-28-15-3-6-19(29-2)14(11-15)12-20-21(27)16-4-5-18(26)17(22(16)30-20)13-25(9-7-23)10-8-24/h3-6,11-12,26H,9-10,13H2,1-2H3. The normalized spacial score (nSPS) is 13.5. The smallest absolute Gasteiger partial charge is 0.231 e. The Hall–Kier alpha value is -4.01. The molecular weight excluding hydrogens is 386 g/mol. The molecule has 8 heteroatoms. The molecule has 30 heavy (non-hydrogen) atoms. The Morgan fingerprint density at radius 3 is 2.50 bits per heavy atom. The van der Waals surface area contributed by atoms with Gasteiger partial charge in [-0.15, -0.1) is 0 Å². The number of carbonyl (C=O) groups excluding carboxylic acids is 1. The molecule has 2 aromatic rings. The van der Waals surface area contributed by atoms with E-state index in [1.54, 1.807) is 24.3 Å². The van der Waals surface area contributed by atoms with Crippen molar-refractivity contribution >= 4 is 11.9 Å². The first-order valence-corrected chi connectivity index (χ1v) is 8.99. The van der Waals surface area contributed by atoms with Gasteiger partial charge in [0.15, 0.2) is 5.76 Å². The molecular formula is C22H19N3O5. The maximum atomic E-state index is 12.9. The molecule has 1 N–H and O–H groups in total. The minimum Gasteiger partial charge on any atom is -0.507 e. The minimum absolute atomic E-state index is 0.00564. The van der Waals surface area contributed by atoms with Crippen LogP contribution in [0.5, 0.6) is 23.0 Å². The van der Waals surface area contributed by atoms with Crippen molar-refractivity contribution < 1.29 is 24.1 Å². The Labute approximate surface area is 173 Å². The number of aromatic hydroxyl groups is 1. The zero-order valence-corrected chi connectivity index (χ0v) is 16.5. The summed E-state index contributed by atoms with van der Waals surface area (Å²) in [5.41, 5.74) is 1.23. The van der Waals surface area contributed by atoms with E-state index in [9.17, 15) is 9.90 Å². The van der Waals surface area contributed by atoms with Gasteiger partial charge in [-0.05, 0) is 36.4 Å². The third-order valence-electron chi connectivity index (χ3n) is 4.61. The molecule has 0 spiro atoms. The van der Waals surface area contributed by atoms with Gasteiger partial charge in [-0.2, -0.15) is 10.5 Å². The molecule has 0 atom stereocenters. The summed E-state index contributed by atoms with van der Waals surface area (Å²) in [7, 11) is 3.06. The summed E-state index contributed by atoms with van der Waals surface area (Å²) < 4.78 is 16.4. The summed E-state index contributed by atoms with van der Waals surface area (Å²) in [5, 5.41) is 28.3. The number of ketones is 1.